The third kappa shape index (κ3) is 3.98. The summed E-state index contributed by atoms with van der Waals surface area (Å²) in [5, 5.41) is 18.3. The zero-order chi connectivity index (χ0) is 24.0. The van der Waals surface area contributed by atoms with Crippen molar-refractivity contribution in [3.63, 3.8) is 0 Å². The zero-order valence-electron chi connectivity index (χ0n) is 20.8. The minimum Gasteiger partial charge on any atom is -0.390 e. The molecule has 4 aliphatic carbocycles. The third-order valence-electron chi connectivity index (χ3n) is 10.1. The fraction of sp³-hybridized carbons (Fsp3) is 0.679. The Morgan fingerprint density at radius 2 is 2.00 bits per heavy atom. The van der Waals surface area contributed by atoms with Crippen molar-refractivity contribution in [2.24, 2.45) is 33.7 Å². The molecule has 1 aromatic rings. The second-order valence-corrected chi connectivity index (χ2v) is 11.8. The highest BCUT2D eigenvalue weighted by Gasteiger charge is 2.62. The molecular formula is C28H39N3O3. The van der Waals surface area contributed by atoms with Crippen LogP contribution in [0.1, 0.15) is 77.7 Å². The quantitative estimate of drug-likeness (QED) is 0.613. The molecule has 0 radical (unpaired) electrons. The molecule has 0 aromatic carbocycles. The van der Waals surface area contributed by atoms with E-state index in [2.05, 4.69) is 42.3 Å². The van der Waals surface area contributed by atoms with E-state index in [0.29, 0.717) is 24.3 Å². The molecule has 1 amide bonds. The highest BCUT2D eigenvalue weighted by molar-refractivity contribution is 5.96. The van der Waals surface area contributed by atoms with E-state index in [0.717, 1.165) is 43.4 Å². The van der Waals surface area contributed by atoms with E-state index in [4.69, 9.17) is 4.84 Å². The number of carbonyl (C=O) groups is 1. The van der Waals surface area contributed by atoms with E-state index in [1.165, 1.54) is 24.8 Å². The molecule has 0 aliphatic heterocycles. The van der Waals surface area contributed by atoms with Gasteiger partial charge in [0.05, 0.1) is 11.3 Å². The van der Waals surface area contributed by atoms with Gasteiger partial charge in [-0.3, -0.25) is 9.78 Å². The lowest BCUT2D eigenvalue weighted by Gasteiger charge is -2.59. The number of nitrogens with one attached hydrogen (secondary N) is 1. The number of nitrogens with zero attached hydrogens (tertiary/aromatic N) is 2. The number of aromatic nitrogens is 1. The van der Waals surface area contributed by atoms with Gasteiger partial charge in [-0.25, -0.2) is 0 Å². The van der Waals surface area contributed by atoms with Crippen molar-refractivity contribution in [1.29, 1.82) is 0 Å². The molecule has 6 nitrogen and oxygen atoms in total. The molecule has 4 aliphatic rings. The second kappa shape index (κ2) is 8.78. The zero-order valence-corrected chi connectivity index (χ0v) is 20.8. The Labute approximate surface area is 203 Å². The summed E-state index contributed by atoms with van der Waals surface area (Å²) in [6.07, 6.45) is 14.5. The van der Waals surface area contributed by atoms with Crippen molar-refractivity contribution in [2.75, 3.05) is 6.61 Å². The average molecular weight is 466 g/mol. The largest absolute Gasteiger partial charge is 0.390 e. The molecule has 2 N–H and O–H groups in total. The van der Waals surface area contributed by atoms with Crippen LogP contribution in [0, 0.1) is 28.6 Å². The Morgan fingerprint density at radius 1 is 1.18 bits per heavy atom. The fourth-order valence-corrected chi connectivity index (χ4v) is 7.81. The lowest BCUT2D eigenvalue weighted by Crippen LogP contribution is -2.53. The van der Waals surface area contributed by atoms with Crippen LogP contribution in [-0.4, -0.2) is 33.9 Å². The summed E-state index contributed by atoms with van der Waals surface area (Å²) in [4.78, 5) is 21.6. The summed E-state index contributed by atoms with van der Waals surface area (Å²) >= 11 is 0. The van der Waals surface area contributed by atoms with Crippen LogP contribution in [0.25, 0.3) is 0 Å². The van der Waals surface area contributed by atoms with Gasteiger partial charge >= 0.3 is 0 Å². The van der Waals surface area contributed by atoms with Crippen LogP contribution < -0.4 is 5.32 Å². The van der Waals surface area contributed by atoms with E-state index in [1.54, 1.807) is 12.4 Å². The van der Waals surface area contributed by atoms with Gasteiger partial charge in [0.2, 0.25) is 0 Å². The normalized spacial score (nSPS) is 40.1. The van der Waals surface area contributed by atoms with Crippen molar-refractivity contribution in [3.05, 3.63) is 41.7 Å². The molecule has 0 unspecified atom stereocenters. The van der Waals surface area contributed by atoms with Crippen LogP contribution in [0.4, 0.5) is 0 Å². The van der Waals surface area contributed by atoms with Gasteiger partial charge in [0.15, 0.2) is 6.61 Å². The summed E-state index contributed by atoms with van der Waals surface area (Å²) in [6, 6.07) is 3.78. The maximum absolute atomic E-state index is 12.1. The SMILES string of the molecule is C[C@]12CC/C(=N/OCC(=O)NCc3cccnc3)C=C1CC[C@@H]1[C@@H]2CC[C@@]2(C)[C@H]1CC[C@]2(C)O. The van der Waals surface area contributed by atoms with Gasteiger partial charge in [-0.1, -0.05) is 30.6 Å². The molecule has 1 heterocycles. The molecule has 0 bridgehead atoms. The molecule has 0 saturated heterocycles. The van der Waals surface area contributed by atoms with Crippen LogP contribution in [0.2, 0.25) is 0 Å². The molecule has 5 rings (SSSR count). The Hall–Kier alpha value is -2.21. The summed E-state index contributed by atoms with van der Waals surface area (Å²) in [5.41, 5.74) is 3.19. The van der Waals surface area contributed by atoms with E-state index >= 15 is 0 Å². The van der Waals surface area contributed by atoms with E-state index in [1.807, 2.05) is 12.1 Å². The Kier molecular flexibility index (Phi) is 6.07. The number of amides is 1. The highest BCUT2D eigenvalue weighted by atomic mass is 16.6. The van der Waals surface area contributed by atoms with Crippen LogP contribution in [0.5, 0.6) is 0 Å². The molecular weight excluding hydrogens is 426 g/mol. The smallest absolute Gasteiger partial charge is 0.261 e. The van der Waals surface area contributed by atoms with Gasteiger partial charge in [-0.15, -0.1) is 0 Å². The van der Waals surface area contributed by atoms with Crippen LogP contribution in [0.3, 0.4) is 0 Å². The minimum atomic E-state index is -0.520. The summed E-state index contributed by atoms with van der Waals surface area (Å²) in [6.45, 7) is 7.26. The maximum Gasteiger partial charge on any atom is 0.261 e. The van der Waals surface area contributed by atoms with Crippen LogP contribution >= 0.6 is 0 Å². The summed E-state index contributed by atoms with van der Waals surface area (Å²) in [5.74, 6) is 1.87. The number of oxime groups is 1. The maximum atomic E-state index is 12.1. The molecule has 1 aromatic heterocycles. The Balaban J connectivity index is 1.20. The topological polar surface area (TPSA) is 83.8 Å². The summed E-state index contributed by atoms with van der Waals surface area (Å²) < 4.78 is 0. The molecule has 184 valence electrons. The Morgan fingerprint density at radius 3 is 2.79 bits per heavy atom. The summed E-state index contributed by atoms with van der Waals surface area (Å²) in [7, 11) is 0. The van der Waals surface area contributed by atoms with Crippen molar-refractivity contribution in [2.45, 2.75) is 84.3 Å². The highest BCUT2D eigenvalue weighted by Crippen LogP contribution is 2.67. The first-order valence-electron chi connectivity index (χ1n) is 13.0. The van der Waals surface area contributed by atoms with Crippen LogP contribution in [0.15, 0.2) is 41.3 Å². The minimum absolute atomic E-state index is 0.0679. The van der Waals surface area contributed by atoms with Gasteiger partial charge in [0.1, 0.15) is 0 Å². The average Bonchev–Trinajstić information content (AvgIpc) is 3.07. The molecule has 6 atom stereocenters. The first kappa shape index (κ1) is 23.5. The number of allylic oxidation sites excluding steroid dienone is 2. The number of hydrogen-bond acceptors (Lipinski definition) is 5. The molecule has 34 heavy (non-hydrogen) atoms. The van der Waals surface area contributed by atoms with Gasteiger partial charge < -0.3 is 15.3 Å². The van der Waals surface area contributed by atoms with Crippen molar-refractivity contribution >= 4 is 11.6 Å². The van der Waals surface area contributed by atoms with Gasteiger partial charge in [-0.05, 0) is 105 Å². The van der Waals surface area contributed by atoms with Gasteiger partial charge in [0.25, 0.3) is 5.91 Å². The number of hydrogen-bond donors (Lipinski definition) is 2. The van der Waals surface area contributed by atoms with E-state index in [9.17, 15) is 9.90 Å². The number of aliphatic hydroxyl groups is 1. The standard InChI is InChI=1S/C28H39N3O3/c1-26-11-8-21(31-34-18-25(32)30-17-19-5-4-14-29-16-19)15-20(26)6-7-22-23(26)9-12-27(2)24(22)10-13-28(27,3)33/h4-5,14-16,22-24,33H,6-13,17-18H2,1-3H3,(H,30,32)/b31-21-/t22-,23+,24+,26+,27+,28+/m1/s1. The first-order valence-corrected chi connectivity index (χ1v) is 13.0. The van der Waals surface area contributed by atoms with Crippen molar-refractivity contribution in [1.82, 2.24) is 10.3 Å². The van der Waals surface area contributed by atoms with Crippen molar-refractivity contribution < 1.29 is 14.7 Å². The Bertz CT molecular complexity index is 988. The molecule has 3 fully saturated rings. The molecule has 6 heteroatoms. The second-order valence-electron chi connectivity index (χ2n) is 11.8. The number of fused-ring (bicyclic) bond motifs is 5. The molecule has 0 spiro atoms. The molecule has 3 saturated carbocycles. The van der Waals surface area contributed by atoms with Crippen molar-refractivity contribution in [3.8, 4) is 0 Å². The number of carbonyl (C=O) groups excluding carboxylic acids is 1. The van der Waals surface area contributed by atoms with Gasteiger partial charge in [0, 0.05) is 18.9 Å². The lowest BCUT2D eigenvalue weighted by molar-refractivity contribution is -0.125. The van der Waals surface area contributed by atoms with Crippen LogP contribution in [-0.2, 0) is 16.2 Å². The fourth-order valence-electron chi connectivity index (χ4n) is 7.81. The number of rotatable bonds is 5. The first-order chi connectivity index (χ1) is 16.2. The van der Waals surface area contributed by atoms with Gasteiger partial charge in [-0.2, -0.15) is 0 Å². The van der Waals surface area contributed by atoms with E-state index in [-0.39, 0.29) is 23.3 Å². The lowest BCUT2D eigenvalue weighted by atomic mass is 9.46. The third-order valence-corrected chi connectivity index (χ3v) is 10.1. The monoisotopic (exact) mass is 465 g/mol. The number of pyridine rings is 1. The predicted molar refractivity (Wildman–Crippen MR) is 132 cm³/mol. The predicted octanol–water partition coefficient (Wildman–Crippen LogP) is 4.78. The van der Waals surface area contributed by atoms with E-state index < -0.39 is 5.60 Å².